The van der Waals surface area contributed by atoms with Crippen molar-refractivity contribution in [2.24, 2.45) is 0 Å². The van der Waals surface area contributed by atoms with E-state index in [4.69, 9.17) is 14.6 Å². The van der Waals surface area contributed by atoms with Gasteiger partial charge in [-0.1, -0.05) is 12.1 Å². The third kappa shape index (κ3) is 2.42. The van der Waals surface area contributed by atoms with Gasteiger partial charge in [-0.15, -0.1) is 0 Å². The summed E-state index contributed by atoms with van der Waals surface area (Å²) in [6.45, 7) is 9.68. The Morgan fingerprint density at radius 1 is 1.20 bits per heavy atom. The normalized spacial score (nSPS) is 21.5. The summed E-state index contributed by atoms with van der Waals surface area (Å²) in [5.41, 5.74) is 0.500. The second kappa shape index (κ2) is 4.80. The van der Waals surface area contributed by atoms with E-state index in [-0.39, 0.29) is 11.7 Å². The van der Waals surface area contributed by atoms with E-state index in [2.05, 4.69) is 6.07 Å². The van der Waals surface area contributed by atoms with Gasteiger partial charge in [0, 0.05) is 5.46 Å². The van der Waals surface area contributed by atoms with Gasteiger partial charge in [0.25, 0.3) is 0 Å². The molecular weight excluding hydrogens is 253 g/mol. The van der Waals surface area contributed by atoms with E-state index in [1.54, 1.807) is 18.2 Å². The van der Waals surface area contributed by atoms with Gasteiger partial charge in [-0.2, -0.15) is 5.26 Å². The molecule has 0 bridgehead atoms. The lowest BCUT2D eigenvalue weighted by molar-refractivity contribution is 0.00578. The quantitative estimate of drug-likeness (QED) is 0.840. The lowest BCUT2D eigenvalue weighted by Crippen LogP contribution is -2.41. The molecule has 5 heteroatoms. The molecule has 1 saturated heterocycles. The van der Waals surface area contributed by atoms with Gasteiger partial charge >= 0.3 is 7.12 Å². The van der Waals surface area contributed by atoms with Crippen LogP contribution in [0.3, 0.4) is 0 Å². The molecule has 1 aromatic rings. The molecule has 1 N–H and O–H groups in total. The molecule has 1 aromatic carbocycles. The summed E-state index contributed by atoms with van der Waals surface area (Å²) in [5, 5.41) is 19.1. The molecule has 2 rings (SSSR count). The first-order chi connectivity index (χ1) is 9.18. The Kier molecular flexibility index (Phi) is 3.57. The van der Waals surface area contributed by atoms with E-state index in [0.717, 1.165) is 5.56 Å². The van der Waals surface area contributed by atoms with Gasteiger partial charge in [0.15, 0.2) is 0 Å². The Hall–Kier alpha value is -1.51. The van der Waals surface area contributed by atoms with Crippen molar-refractivity contribution < 1.29 is 14.4 Å². The molecule has 1 unspecified atom stereocenters. The number of phenolic OH excluding ortho intramolecular Hbond substituents is 1. The Morgan fingerprint density at radius 2 is 1.75 bits per heavy atom. The summed E-state index contributed by atoms with van der Waals surface area (Å²) in [7, 11) is -0.620. The molecule has 1 aliphatic heterocycles. The smallest absolute Gasteiger partial charge is 0.498 e. The minimum absolute atomic E-state index is 0.123. The van der Waals surface area contributed by atoms with Crippen molar-refractivity contribution >= 4 is 12.6 Å². The van der Waals surface area contributed by atoms with E-state index >= 15 is 0 Å². The number of phenols is 1. The molecule has 20 heavy (non-hydrogen) atoms. The van der Waals surface area contributed by atoms with Crippen molar-refractivity contribution in [1.82, 2.24) is 0 Å². The lowest BCUT2D eigenvalue weighted by Gasteiger charge is -2.32. The highest BCUT2D eigenvalue weighted by atomic mass is 16.7. The standard InChI is InChI=1S/C15H20BNO3/c1-10(9-17)11-6-7-13(18)12(8-11)16-19-14(2,3)15(4,5)20-16/h6-8,10,18H,1-5H3. The van der Waals surface area contributed by atoms with Crippen molar-refractivity contribution in [1.29, 1.82) is 5.26 Å². The predicted molar refractivity (Wildman–Crippen MR) is 77.9 cm³/mol. The van der Waals surface area contributed by atoms with E-state index in [0.29, 0.717) is 5.46 Å². The summed E-state index contributed by atoms with van der Waals surface area (Å²) >= 11 is 0. The first-order valence-electron chi connectivity index (χ1n) is 6.76. The second-order valence-electron chi connectivity index (χ2n) is 6.26. The third-order valence-corrected chi connectivity index (χ3v) is 4.25. The zero-order valence-electron chi connectivity index (χ0n) is 12.6. The van der Waals surface area contributed by atoms with Crippen LogP contribution in [0.2, 0.25) is 0 Å². The molecule has 106 valence electrons. The number of nitrogens with zero attached hydrogens (tertiary/aromatic N) is 1. The fourth-order valence-electron chi connectivity index (χ4n) is 2.08. The van der Waals surface area contributed by atoms with Gasteiger partial charge in [0.2, 0.25) is 0 Å². The highest BCUT2D eigenvalue weighted by Gasteiger charge is 2.52. The molecule has 4 nitrogen and oxygen atoms in total. The maximum atomic E-state index is 10.0. The number of aromatic hydroxyl groups is 1. The van der Waals surface area contributed by atoms with Gasteiger partial charge in [0.1, 0.15) is 5.75 Å². The third-order valence-electron chi connectivity index (χ3n) is 4.25. The van der Waals surface area contributed by atoms with E-state index in [1.807, 2.05) is 34.6 Å². The highest BCUT2D eigenvalue weighted by molar-refractivity contribution is 6.63. The Balaban J connectivity index is 2.38. The topological polar surface area (TPSA) is 62.5 Å². The summed E-state index contributed by atoms with van der Waals surface area (Å²) in [5.74, 6) is -0.117. The van der Waals surface area contributed by atoms with Crippen LogP contribution in [0.4, 0.5) is 0 Å². The molecule has 1 atom stereocenters. The molecule has 1 fully saturated rings. The molecule has 0 saturated carbocycles. The van der Waals surface area contributed by atoms with Crippen LogP contribution in [-0.2, 0) is 9.31 Å². The van der Waals surface area contributed by atoms with Crippen LogP contribution in [0.25, 0.3) is 0 Å². The van der Waals surface area contributed by atoms with Crippen molar-refractivity contribution in [2.75, 3.05) is 0 Å². The molecule has 0 spiro atoms. The van der Waals surface area contributed by atoms with Crippen LogP contribution in [0, 0.1) is 11.3 Å². The van der Waals surface area contributed by atoms with Crippen molar-refractivity contribution in [3.05, 3.63) is 23.8 Å². The fraction of sp³-hybridized carbons (Fsp3) is 0.533. The summed E-state index contributed by atoms with van der Waals surface area (Å²) in [6.07, 6.45) is 0. The zero-order chi connectivity index (χ0) is 15.1. The predicted octanol–water partition coefficient (Wildman–Crippen LogP) is 2.32. The zero-order valence-corrected chi connectivity index (χ0v) is 12.6. The summed E-state index contributed by atoms with van der Waals surface area (Å²) in [4.78, 5) is 0. The van der Waals surface area contributed by atoms with Crippen LogP contribution in [0.15, 0.2) is 18.2 Å². The number of hydrogen-bond acceptors (Lipinski definition) is 4. The van der Waals surface area contributed by atoms with Crippen molar-refractivity contribution in [3.63, 3.8) is 0 Å². The van der Waals surface area contributed by atoms with Gasteiger partial charge in [-0.05, 0) is 46.2 Å². The van der Waals surface area contributed by atoms with Gasteiger partial charge in [0.05, 0.1) is 23.2 Å². The average molecular weight is 273 g/mol. The molecule has 1 heterocycles. The van der Waals surface area contributed by atoms with E-state index in [9.17, 15) is 5.11 Å². The van der Waals surface area contributed by atoms with Crippen LogP contribution in [-0.4, -0.2) is 23.4 Å². The maximum absolute atomic E-state index is 10.0. The largest absolute Gasteiger partial charge is 0.508 e. The minimum atomic E-state index is -0.620. The van der Waals surface area contributed by atoms with Crippen molar-refractivity contribution in [3.8, 4) is 11.8 Å². The van der Waals surface area contributed by atoms with Gasteiger partial charge in [-0.25, -0.2) is 0 Å². The minimum Gasteiger partial charge on any atom is -0.508 e. The number of hydrogen-bond donors (Lipinski definition) is 1. The average Bonchev–Trinajstić information content (AvgIpc) is 2.58. The Labute approximate surface area is 120 Å². The number of benzene rings is 1. The SMILES string of the molecule is CC(C#N)c1ccc(O)c(B2OC(C)(C)C(C)(C)O2)c1. The molecule has 0 amide bonds. The van der Waals surface area contributed by atoms with Crippen LogP contribution in [0.5, 0.6) is 5.75 Å². The van der Waals surface area contributed by atoms with E-state index < -0.39 is 18.3 Å². The number of rotatable bonds is 2. The second-order valence-corrected chi connectivity index (χ2v) is 6.26. The fourth-order valence-corrected chi connectivity index (χ4v) is 2.08. The maximum Gasteiger partial charge on any atom is 0.498 e. The Bertz CT molecular complexity index is 547. The molecular formula is C15H20BNO3. The molecule has 0 aliphatic carbocycles. The van der Waals surface area contributed by atoms with Crippen LogP contribution in [0.1, 0.15) is 46.1 Å². The van der Waals surface area contributed by atoms with E-state index in [1.165, 1.54) is 0 Å². The lowest BCUT2D eigenvalue weighted by atomic mass is 9.76. The Morgan fingerprint density at radius 3 is 2.25 bits per heavy atom. The summed E-state index contributed by atoms with van der Waals surface area (Å²) < 4.78 is 11.9. The van der Waals surface area contributed by atoms with Gasteiger partial charge in [-0.3, -0.25) is 0 Å². The van der Waals surface area contributed by atoms with Crippen LogP contribution >= 0.6 is 0 Å². The monoisotopic (exact) mass is 273 g/mol. The first kappa shape index (κ1) is 14.9. The summed E-state index contributed by atoms with van der Waals surface area (Å²) in [6, 6.07) is 7.31. The molecule has 0 aromatic heterocycles. The van der Waals surface area contributed by atoms with Crippen LogP contribution < -0.4 is 5.46 Å². The molecule has 1 aliphatic rings. The number of nitriles is 1. The highest BCUT2D eigenvalue weighted by Crippen LogP contribution is 2.37. The van der Waals surface area contributed by atoms with Crippen molar-refractivity contribution in [2.45, 2.75) is 51.7 Å². The van der Waals surface area contributed by atoms with Gasteiger partial charge < -0.3 is 14.4 Å². The first-order valence-corrected chi connectivity index (χ1v) is 6.76. The molecule has 0 radical (unpaired) electrons.